The summed E-state index contributed by atoms with van der Waals surface area (Å²) in [5, 5.41) is 5.69. The number of anilines is 1. The Kier molecular flexibility index (Phi) is 8.80. The average Bonchev–Trinajstić information content (AvgIpc) is 3.94. The minimum Gasteiger partial charge on any atom is -0.453 e. The van der Waals surface area contributed by atoms with E-state index in [0.717, 1.165) is 28.8 Å². The van der Waals surface area contributed by atoms with Crippen molar-refractivity contribution >= 4 is 35.0 Å². The third kappa shape index (κ3) is 6.34. The van der Waals surface area contributed by atoms with Crippen molar-refractivity contribution in [3.05, 3.63) is 89.6 Å². The highest BCUT2D eigenvalue weighted by atomic mass is 16.5. The van der Waals surface area contributed by atoms with Crippen LogP contribution in [0.2, 0.25) is 0 Å². The Bertz CT molecular complexity index is 1880. The number of benzene rings is 3. The molecule has 2 atom stereocenters. The van der Waals surface area contributed by atoms with Gasteiger partial charge in [-0.3, -0.25) is 14.6 Å². The summed E-state index contributed by atoms with van der Waals surface area (Å²) >= 11 is 0. The van der Waals surface area contributed by atoms with E-state index in [-0.39, 0.29) is 11.8 Å². The first-order valence-corrected chi connectivity index (χ1v) is 16.7. The number of aromatic nitrogens is 1. The lowest BCUT2D eigenvalue weighted by Crippen LogP contribution is -2.48. The fraction of sp³-hybridized carbons (Fsp3) is 0.342. The number of amides is 3. The first-order valence-electron chi connectivity index (χ1n) is 16.7. The third-order valence-electron chi connectivity index (χ3n) is 9.75. The third-order valence-corrected chi connectivity index (χ3v) is 9.75. The fourth-order valence-electron chi connectivity index (χ4n) is 7.08. The van der Waals surface area contributed by atoms with E-state index in [1.807, 2.05) is 37.3 Å². The highest BCUT2D eigenvalue weighted by Gasteiger charge is 2.38. The van der Waals surface area contributed by atoms with Crippen LogP contribution in [-0.2, 0) is 20.7 Å². The van der Waals surface area contributed by atoms with Crippen LogP contribution in [-0.4, -0.2) is 53.2 Å². The number of aliphatic imine (C=N–C) groups is 1. The molecule has 0 spiro atoms. The Labute approximate surface area is 279 Å². The number of alkyl carbamates (subject to hydrolysis) is 1. The number of methoxy groups -OCH3 is 1. The Morgan fingerprint density at radius 2 is 1.75 bits per heavy atom. The number of rotatable bonds is 8. The summed E-state index contributed by atoms with van der Waals surface area (Å²) in [5.41, 5.74) is 7.30. The van der Waals surface area contributed by atoms with Crippen molar-refractivity contribution in [1.82, 2.24) is 15.2 Å². The number of nitrogens with zero attached hydrogens (tertiary/aromatic N) is 3. The number of hydrogen-bond acceptors (Lipinski definition) is 7. The zero-order valence-electron chi connectivity index (χ0n) is 27.2. The van der Waals surface area contributed by atoms with Crippen molar-refractivity contribution in [3.63, 3.8) is 0 Å². The molecule has 3 amide bonds. The van der Waals surface area contributed by atoms with Crippen LogP contribution in [0.1, 0.15) is 61.3 Å². The molecule has 1 aliphatic carbocycles. The van der Waals surface area contributed by atoms with Crippen LogP contribution >= 0.6 is 0 Å². The highest BCUT2D eigenvalue weighted by molar-refractivity contribution is 6.00. The molecule has 2 fully saturated rings. The molecule has 10 heteroatoms. The van der Waals surface area contributed by atoms with Gasteiger partial charge >= 0.3 is 6.09 Å². The summed E-state index contributed by atoms with van der Waals surface area (Å²) in [6.45, 7) is 2.32. The fourth-order valence-corrected chi connectivity index (χ4v) is 7.08. The van der Waals surface area contributed by atoms with Crippen molar-refractivity contribution in [2.75, 3.05) is 19.0 Å². The zero-order chi connectivity index (χ0) is 33.2. The number of likely N-dealkylation sites (tertiary alicyclic amines) is 1. The van der Waals surface area contributed by atoms with Gasteiger partial charge in [0.25, 0.3) is 5.91 Å². The molecule has 1 saturated heterocycles. The van der Waals surface area contributed by atoms with E-state index >= 15 is 0 Å². The molecule has 4 aromatic rings. The van der Waals surface area contributed by atoms with E-state index in [0.29, 0.717) is 48.2 Å². The van der Waals surface area contributed by atoms with E-state index in [4.69, 9.17) is 14.1 Å². The molecular weight excluding hydrogens is 606 g/mol. The minimum absolute atomic E-state index is 0.292. The molecular formula is C38H39N5O5. The van der Waals surface area contributed by atoms with Crippen molar-refractivity contribution in [1.29, 1.82) is 0 Å². The minimum atomic E-state index is -0.982. The van der Waals surface area contributed by atoms with E-state index in [1.54, 1.807) is 35.4 Å². The van der Waals surface area contributed by atoms with Gasteiger partial charge in [0.05, 0.1) is 19.0 Å². The van der Waals surface area contributed by atoms with Gasteiger partial charge in [-0.15, -0.1) is 0 Å². The Hall–Kier alpha value is -5.25. The molecule has 1 saturated carbocycles. The van der Waals surface area contributed by atoms with Gasteiger partial charge in [-0.05, 0) is 73.4 Å². The normalized spacial score (nSPS) is 17.9. The lowest BCUT2D eigenvalue weighted by Gasteiger charge is -2.29. The number of ether oxygens (including phenoxy) is 1. The molecule has 3 aliphatic rings. The summed E-state index contributed by atoms with van der Waals surface area (Å²) in [6, 6.07) is 19.2. The van der Waals surface area contributed by atoms with Crippen LogP contribution in [0.15, 0.2) is 82.3 Å². The maximum Gasteiger partial charge on any atom is 0.407 e. The van der Waals surface area contributed by atoms with Gasteiger partial charge in [0.2, 0.25) is 11.8 Å². The Balaban J connectivity index is 1.07. The Morgan fingerprint density at radius 3 is 2.54 bits per heavy atom. The van der Waals surface area contributed by atoms with Gasteiger partial charge in [-0.1, -0.05) is 61.4 Å². The van der Waals surface area contributed by atoms with Gasteiger partial charge in [-0.2, -0.15) is 0 Å². The maximum atomic E-state index is 13.8. The Morgan fingerprint density at radius 1 is 0.958 bits per heavy atom. The lowest BCUT2D eigenvalue weighted by atomic mass is 9.97. The molecule has 7 rings (SSSR count). The topological polar surface area (TPSA) is 126 Å². The lowest BCUT2D eigenvalue weighted by molar-refractivity contribution is -0.138. The molecule has 10 nitrogen and oxygen atoms in total. The van der Waals surface area contributed by atoms with Crippen LogP contribution in [0.3, 0.4) is 0 Å². The number of nitrogens with one attached hydrogen (secondary N) is 2. The SMILES string of the molecule is COC(=O)N[C@@H](C(=O)N1CCC[C@H]1C(=O)Nc1cc(-c2cnc(-c3ccc4c(c3)N=C(C3CCCC3)C4)o2)ccc1C)c1ccccc1. The number of aryl methyl sites for hydroxylation is 1. The second-order valence-corrected chi connectivity index (χ2v) is 12.8. The first-order chi connectivity index (χ1) is 23.4. The monoisotopic (exact) mass is 645 g/mol. The number of carbonyl (C=O) groups is 3. The molecule has 0 unspecified atom stereocenters. The van der Waals surface area contributed by atoms with E-state index in [2.05, 4.69) is 27.8 Å². The van der Waals surface area contributed by atoms with E-state index in [9.17, 15) is 14.4 Å². The van der Waals surface area contributed by atoms with Crippen LogP contribution in [0.25, 0.3) is 22.8 Å². The van der Waals surface area contributed by atoms with E-state index in [1.165, 1.54) is 44.1 Å². The van der Waals surface area contributed by atoms with Crippen LogP contribution in [0.4, 0.5) is 16.2 Å². The molecule has 2 N–H and O–H groups in total. The van der Waals surface area contributed by atoms with Crippen molar-refractivity contribution < 1.29 is 23.5 Å². The van der Waals surface area contributed by atoms with Gasteiger partial charge in [0, 0.05) is 35.5 Å². The molecule has 246 valence electrons. The van der Waals surface area contributed by atoms with Crippen molar-refractivity contribution in [2.45, 2.75) is 64.0 Å². The smallest absolute Gasteiger partial charge is 0.407 e. The molecule has 0 radical (unpaired) electrons. The molecule has 0 bridgehead atoms. The molecule has 3 aromatic carbocycles. The second kappa shape index (κ2) is 13.5. The van der Waals surface area contributed by atoms with E-state index < -0.39 is 18.2 Å². The highest BCUT2D eigenvalue weighted by Crippen LogP contribution is 2.38. The van der Waals surface area contributed by atoms with Gasteiger partial charge in [-0.25, -0.2) is 9.78 Å². The van der Waals surface area contributed by atoms with Gasteiger partial charge in [0.1, 0.15) is 12.1 Å². The van der Waals surface area contributed by atoms with Crippen molar-refractivity contribution in [2.24, 2.45) is 10.9 Å². The zero-order valence-corrected chi connectivity index (χ0v) is 27.2. The van der Waals surface area contributed by atoms with Crippen molar-refractivity contribution in [3.8, 4) is 22.8 Å². The summed E-state index contributed by atoms with van der Waals surface area (Å²) in [5.74, 6) is 1.04. The number of oxazole rings is 1. The second-order valence-electron chi connectivity index (χ2n) is 12.8. The quantitative estimate of drug-likeness (QED) is 0.209. The predicted molar refractivity (Wildman–Crippen MR) is 183 cm³/mol. The largest absolute Gasteiger partial charge is 0.453 e. The molecule has 2 aliphatic heterocycles. The van der Waals surface area contributed by atoms with Crippen LogP contribution in [0.5, 0.6) is 0 Å². The molecule has 1 aromatic heterocycles. The molecule has 3 heterocycles. The standard InChI is InChI=1S/C38H39N5O5/c1-23-14-15-27(33-22-39-36(48-33)28-17-16-26-19-30(40-31(26)21-28)24-9-6-7-10-24)20-29(23)41-35(44)32-13-8-18-43(32)37(45)34(42-38(46)47-2)25-11-4-3-5-12-25/h3-5,11-12,14-17,20-22,24,32,34H,6-10,13,18-19H2,1-2H3,(H,41,44)(H,42,46)/t32-,34+/m0/s1. The molecule has 48 heavy (non-hydrogen) atoms. The predicted octanol–water partition coefficient (Wildman–Crippen LogP) is 7.16. The first kappa shape index (κ1) is 31.4. The van der Waals surface area contributed by atoms with Gasteiger partial charge in [0.15, 0.2) is 5.76 Å². The summed E-state index contributed by atoms with van der Waals surface area (Å²) in [7, 11) is 1.25. The van der Waals surface area contributed by atoms with Crippen LogP contribution in [0, 0.1) is 12.8 Å². The summed E-state index contributed by atoms with van der Waals surface area (Å²) in [4.78, 5) is 50.7. The number of hydrogen-bond donors (Lipinski definition) is 2. The van der Waals surface area contributed by atoms with Crippen LogP contribution < -0.4 is 10.6 Å². The summed E-state index contributed by atoms with van der Waals surface area (Å²) < 4.78 is 11.0. The number of fused-ring (bicyclic) bond motifs is 1. The summed E-state index contributed by atoms with van der Waals surface area (Å²) in [6.07, 6.45) is 8.13. The number of carbonyl (C=O) groups excluding carboxylic acids is 3. The average molecular weight is 646 g/mol. The maximum absolute atomic E-state index is 13.8. The van der Waals surface area contributed by atoms with Gasteiger partial charge < -0.3 is 24.7 Å².